The number of non-ortho nitro benzene ring substituents is 1. The van der Waals surface area contributed by atoms with Crippen molar-refractivity contribution < 1.29 is 19.2 Å². The summed E-state index contributed by atoms with van der Waals surface area (Å²) in [6.45, 7) is 7.25. The van der Waals surface area contributed by atoms with E-state index < -0.39 is 22.8 Å². The van der Waals surface area contributed by atoms with Crippen molar-refractivity contribution in [1.82, 2.24) is 0 Å². The van der Waals surface area contributed by atoms with Gasteiger partial charge in [-0.05, 0) is 37.5 Å². The lowest BCUT2D eigenvalue weighted by molar-refractivity contribution is -0.384. The smallest absolute Gasteiger partial charge is 0.271 e. The standard InChI is InChI=1S/C21H23N3O5/c1-12(2)20-21(26)23(17-10-15(24(27)28)6-8-18(17)29-20)11-19(25)22-16-7-5-13(3)9-14(16)4/h5-10,12,20H,11H2,1-4H3,(H,22,25). The second kappa shape index (κ2) is 7.90. The number of hydrogen-bond acceptors (Lipinski definition) is 5. The molecule has 2 aromatic rings. The molecule has 0 aromatic heterocycles. The summed E-state index contributed by atoms with van der Waals surface area (Å²) in [7, 11) is 0. The molecule has 0 aliphatic carbocycles. The van der Waals surface area contributed by atoms with Crippen LogP contribution in [0.15, 0.2) is 36.4 Å². The Bertz CT molecular complexity index is 986. The number of fused-ring (bicyclic) bond motifs is 1. The molecule has 0 saturated heterocycles. The fourth-order valence-electron chi connectivity index (χ4n) is 3.26. The zero-order valence-corrected chi connectivity index (χ0v) is 16.8. The average molecular weight is 397 g/mol. The van der Waals surface area contributed by atoms with Gasteiger partial charge in [0, 0.05) is 17.8 Å². The van der Waals surface area contributed by atoms with Crippen LogP contribution in [0.3, 0.4) is 0 Å². The van der Waals surface area contributed by atoms with Crippen LogP contribution in [-0.2, 0) is 9.59 Å². The van der Waals surface area contributed by atoms with Crippen LogP contribution in [-0.4, -0.2) is 29.4 Å². The summed E-state index contributed by atoms with van der Waals surface area (Å²) in [5.41, 5.74) is 2.67. The van der Waals surface area contributed by atoms with Crippen molar-refractivity contribution in [2.75, 3.05) is 16.8 Å². The number of nitrogens with one attached hydrogen (secondary N) is 1. The Labute approximate surface area is 168 Å². The summed E-state index contributed by atoms with van der Waals surface area (Å²) in [5.74, 6) is -0.583. The van der Waals surface area contributed by atoms with E-state index in [2.05, 4.69) is 5.32 Å². The lowest BCUT2D eigenvalue weighted by Gasteiger charge is -2.35. The van der Waals surface area contributed by atoms with Gasteiger partial charge in [-0.15, -0.1) is 0 Å². The summed E-state index contributed by atoms with van der Waals surface area (Å²) in [6.07, 6.45) is -0.766. The van der Waals surface area contributed by atoms with Crippen LogP contribution in [0.25, 0.3) is 0 Å². The number of ether oxygens (including phenoxy) is 1. The lowest BCUT2D eigenvalue weighted by atomic mass is 10.0. The lowest BCUT2D eigenvalue weighted by Crippen LogP contribution is -2.50. The molecule has 1 aliphatic rings. The van der Waals surface area contributed by atoms with Crippen molar-refractivity contribution in [3.63, 3.8) is 0 Å². The Hall–Kier alpha value is -3.42. The van der Waals surface area contributed by atoms with Gasteiger partial charge in [-0.25, -0.2) is 0 Å². The number of nitro groups is 1. The van der Waals surface area contributed by atoms with Gasteiger partial charge in [0.25, 0.3) is 11.6 Å². The molecule has 0 spiro atoms. The predicted molar refractivity (Wildman–Crippen MR) is 109 cm³/mol. The molecular weight excluding hydrogens is 374 g/mol. The molecule has 1 aliphatic heterocycles. The maximum Gasteiger partial charge on any atom is 0.271 e. The third-order valence-corrected chi connectivity index (χ3v) is 4.77. The number of nitrogens with zero attached hydrogens (tertiary/aromatic N) is 2. The van der Waals surface area contributed by atoms with Gasteiger partial charge >= 0.3 is 0 Å². The van der Waals surface area contributed by atoms with Gasteiger partial charge in [-0.1, -0.05) is 31.5 Å². The molecule has 0 radical (unpaired) electrons. The number of nitro benzene ring substituents is 1. The zero-order chi connectivity index (χ0) is 21.3. The van der Waals surface area contributed by atoms with E-state index in [9.17, 15) is 19.7 Å². The van der Waals surface area contributed by atoms with Gasteiger partial charge in [0.2, 0.25) is 5.91 Å². The Kier molecular flexibility index (Phi) is 5.54. The second-order valence-electron chi connectivity index (χ2n) is 7.48. The number of carbonyl (C=O) groups excluding carboxylic acids is 2. The molecule has 3 rings (SSSR count). The molecule has 1 atom stereocenters. The first-order valence-corrected chi connectivity index (χ1v) is 9.31. The highest BCUT2D eigenvalue weighted by atomic mass is 16.6. The average Bonchev–Trinajstić information content (AvgIpc) is 2.65. The van der Waals surface area contributed by atoms with Gasteiger partial charge in [-0.3, -0.25) is 24.6 Å². The second-order valence-corrected chi connectivity index (χ2v) is 7.48. The van der Waals surface area contributed by atoms with Gasteiger partial charge < -0.3 is 10.1 Å². The summed E-state index contributed by atoms with van der Waals surface area (Å²) in [5, 5.41) is 14.0. The van der Waals surface area contributed by atoms with Gasteiger partial charge in [0.1, 0.15) is 12.3 Å². The van der Waals surface area contributed by atoms with Crippen LogP contribution in [0.1, 0.15) is 25.0 Å². The molecule has 2 amide bonds. The van der Waals surface area contributed by atoms with Crippen LogP contribution in [0.4, 0.5) is 17.1 Å². The summed E-state index contributed by atoms with van der Waals surface area (Å²) in [4.78, 5) is 37.5. The molecule has 152 valence electrons. The number of aryl methyl sites for hydroxylation is 2. The normalized spacial score (nSPS) is 15.7. The van der Waals surface area contributed by atoms with Crippen LogP contribution in [0.5, 0.6) is 5.75 Å². The van der Waals surface area contributed by atoms with Crippen LogP contribution >= 0.6 is 0 Å². The van der Waals surface area contributed by atoms with Crippen molar-refractivity contribution in [3.8, 4) is 5.75 Å². The minimum absolute atomic E-state index is 0.129. The fourth-order valence-corrected chi connectivity index (χ4v) is 3.26. The van der Waals surface area contributed by atoms with E-state index in [1.54, 1.807) is 6.07 Å². The molecule has 0 fully saturated rings. The van der Waals surface area contributed by atoms with Crippen molar-refractivity contribution in [2.45, 2.75) is 33.8 Å². The number of anilines is 2. The van der Waals surface area contributed by atoms with Crippen LogP contribution < -0.4 is 15.0 Å². The van der Waals surface area contributed by atoms with Crippen molar-refractivity contribution >= 4 is 28.9 Å². The van der Waals surface area contributed by atoms with E-state index >= 15 is 0 Å². The zero-order valence-electron chi connectivity index (χ0n) is 16.8. The third-order valence-electron chi connectivity index (χ3n) is 4.77. The summed E-state index contributed by atoms with van der Waals surface area (Å²) >= 11 is 0. The number of benzene rings is 2. The molecule has 1 unspecified atom stereocenters. The monoisotopic (exact) mass is 397 g/mol. The molecule has 2 aromatic carbocycles. The topological polar surface area (TPSA) is 102 Å². The van der Waals surface area contributed by atoms with E-state index in [1.807, 2.05) is 39.8 Å². The van der Waals surface area contributed by atoms with E-state index in [4.69, 9.17) is 4.74 Å². The predicted octanol–water partition coefficient (Wildman–Crippen LogP) is 3.60. The SMILES string of the molecule is Cc1ccc(NC(=O)CN2C(=O)C(C(C)C)Oc3ccc([N+](=O)[O-])cc32)c(C)c1. The first kappa shape index (κ1) is 20.3. The maximum absolute atomic E-state index is 13.0. The first-order valence-electron chi connectivity index (χ1n) is 9.31. The molecule has 8 heteroatoms. The minimum Gasteiger partial charge on any atom is -0.478 e. The number of amides is 2. The highest BCUT2D eigenvalue weighted by Gasteiger charge is 2.38. The maximum atomic E-state index is 13.0. The van der Waals surface area contributed by atoms with E-state index in [1.165, 1.54) is 23.1 Å². The molecule has 1 heterocycles. The van der Waals surface area contributed by atoms with Crippen molar-refractivity contribution in [1.29, 1.82) is 0 Å². The van der Waals surface area contributed by atoms with E-state index in [0.29, 0.717) is 11.4 Å². The largest absolute Gasteiger partial charge is 0.478 e. The summed E-state index contributed by atoms with van der Waals surface area (Å²) < 4.78 is 5.76. The Morgan fingerprint density at radius 2 is 1.97 bits per heavy atom. The fraction of sp³-hybridized carbons (Fsp3) is 0.333. The minimum atomic E-state index is -0.766. The first-order chi connectivity index (χ1) is 13.7. The Morgan fingerprint density at radius 1 is 1.24 bits per heavy atom. The Balaban J connectivity index is 1.91. The van der Waals surface area contributed by atoms with Crippen LogP contribution in [0.2, 0.25) is 0 Å². The van der Waals surface area contributed by atoms with E-state index in [0.717, 1.165) is 11.1 Å². The summed E-state index contributed by atoms with van der Waals surface area (Å²) in [6, 6.07) is 9.68. The number of hydrogen-bond donors (Lipinski definition) is 1. The number of carbonyl (C=O) groups is 2. The third kappa shape index (κ3) is 4.21. The molecular formula is C21H23N3O5. The molecule has 0 bridgehead atoms. The Morgan fingerprint density at radius 3 is 2.59 bits per heavy atom. The molecule has 1 N–H and O–H groups in total. The highest BCUT2D eigenvalue weighted by molar-refractivity contribution is 6.06. The molecule has 0 saturated carbocycles. The van der Waals surface area contributed by atoms with E-state index in [-0.39, 0.29) is 23.8 Å². The molecule has 29 heavy (non-hydrogen) atoms. The van der Waals surface area contributed by atoms with Gasteiger partial charge in [-0.2, -0.15) is 0 Å². The van der Waals surface area contributed by atoms with Gasteiger partial charge in [0.05, 0.1) is 10.6 Å². The quantitative estimate of drug-likeness (QED) is 0.613. The van der Waals surface area contributed by atoms with Crippen molar-refractivity contribution in [2.24, 2.45) is 5.92 Å². The van der Waals surface area contributed by atoms with Crippen LogP contribution in [0, 0.1) is 29.9 Å². The van der Waals surface area contributed by atoms with Gasteiger partial charge in [0.15, 0.2) is 6.10 Å². The highest BCUT2D eigenvalue weighted by Crippen LogP contribution is 2.38. The number of rotatable bonds is 5. The molecule has 8 nitrogen and oxygen atoms in total. The van der Waals surface area contributed by atoms with Crippen molar-refractivity contribution in [3.05, 3.63) is 57.6 Å².